The molecule has 0 aliphatic carbocycles. The van der Waals surface area contributed by atoms with E-state index in [2.05, 4.69) is 0 Å². The second-order valence-corrected chi connectivity index (χ2v) is 4.76. The first-order chi connectivity index (χ1) is 7.57. The number of likely N-dealkylation sites (N-methyl/N-ethyl adjacent to an activating group) is 1. The topological polar surface area (TPSA) is 49.8 Å². The first-order valence-electron chi connectivity index (χ1n) is 5.67. The highest BCUT2D eigenvalue weighted by molar-refractivity contribution is 6.17. The van der Waals surface area contributed by atoms with Gasteiger partial charge in [-0.2, -0.15) is 0 Å². The lowest BCUT2D eigenvalue weighted by atomic mass is 9.94. The van der Waals surface area contributed by atoms with Crippen molar-refractivity contribution in [2.24, 2.45) is 0 Å². The lowest BCUT2D eigenvalue weighted by Crippen LogP contribution is -2.47. The lowest BCUT2D eigenvalue weighted by molar-refractivity contribution is -0.136. The van der Waals surface area contributed by atoms with E-state index >= 15 is 0 Å². The predicted molar refractivity (Wildman–Crippen MR) is 62.6 cm³/mol. The molecule has 4 nitrogen and oxygen atoms in total. The maximum atomic E-state index is 11.6. The number of ether oxygens (including phenoxy) is 1. The van der Waals surface area contributed by atoms with Crippen molar-refractivity contribution in [1.82, 2.24) is 4.90 Å². The molecule has 1 aliphatic rings. The van der Waals surface area contributed by atoms with Crippen molar-refractivity contribution >= 4 is 17.5 Å². The summed E-state index contributed by atoms with van der Waals surface area (Å²) in [4.78, 5) is 13.2. The van der Waals surface area contributed by atoms with Crippen LogP contribution in [0.3, 0.4) is 0 Å². The molecule has 0 atom stereocenters. The summed E-state index contributed by atoms with van der Waals surface area (Å²) in [6.07, 6.45) is 2.33. The molecule has 1 fully saturated rings. The summed E-state index contributed by atoms with van der Waals surface area (Å²) in [5.41, 5.74) is -0.774. The van der Waals surface area contributed by atoms with Crippen LogP contribution in [0.2, 0.25) is 0 Å². The molecule has 0 saturated carbocycles. The molecule has 1 aliphatic heterocycles. The van der Waals surface area contributed by atoms with Gasteiger partial charge in [-0.05, 0) is 6.42 Å². The molecule has 1 amide bonds. The molecule has 1 rings (SSSR count). The number of nitrogens with zero attached hydrogens (tertiary/aromatic N) is 1. The Morgan fingerprint density at radius 1 is 1.50 bits per heavy atom. The molecule has 0 radical (unpaired) electrons. The molecule has 1 N–H and O–H groups in total. The second kappa shape index (κ2) is 6.42. The minimum absolute atomic E-state index is 0.0422. The van der Waals surface area contributed by atoms with Gasteiger partial charge in [-0.1, -0.05) is 0 Å². The third kappa shape index (κ3) is 4.28. The van der Waals surface area contributed by atoms with Crippen molar-refractivity contribution in [1.29, 1.82) is 0 Å². The minimum Gasteiger partial charge on any atom is -0.388 e. The van der Waals surface area contributed by atoms with Gasteiger partial charge in [-0.25, -0.2) is 0 Å². The largest absolute Gasteiger partial charge is 0.388 e. The van der Waals surface area contributed by atoms with E-state index in [1.807, 2.05) is 0 Å². The fourth-order valence-electron chi connectivity index (χ4n) is 1.85. The monoisotopic (exact) mass is 249 g/mol. The van der Waals surface area contributed by atoms with Gasteiger partial charge < -0.3 is 14.7 Å². The van der Waals surface area contributed by atoms with E-state index in [4.69, 9.17) is 16.3 Å². The van der Waals surface area contributed by atoms with Crippen molar-refractivity contribution < 1.29 is 14.6 Å². The van der Waals surface area contributed by atoms with Crippen LogP contribution in [0.15, 0.2) is 0 Å². The van der Waals surface area contributed by atoms with Crippen LogP contribution in [-0.2, 0) is 9.53 Å². The Hall–Kier alpha value is -0.320. The van der Waals surface area contributed by atoms with Crippen molar-refractivity contribution in [2.45, 2.75) is 31.3 Å². The molecule has 94 valence electrons. The number of carbonyl (C=O) groups excluding carboxylic acids is 1. The van der Waals surface area contributed by atoms with E-state index in [0.29, 0.717) is 51.3 Å². The highest BCUT2D eigenvalue weighted by Crippen LogP contribution is 2.21. The molecule has 0 bridgehead atoms. The minimum atomic E-state index is -0.774. The maximum absolute atomic E-state index is 11.6. The smallest absolute Gasteiger partial charge is 0.222 e. The van der Waals surface area contributed by atoms with Crippen LogP contribution in [0.5, 0.6) is 0 Å². The van der Waals surface area contributed by atoms with E-state index in [0.717, 1.165) is 0 Å². The van der Waals surface area contributed by atoms with Gasteiger partial charge in [0.1, 0.15) is 0 Å². The molecular weight excluding hydrogens is 230 g/mol. The van der Waals surface area contributed by atoms with Crippen LogP contribution >= 0.6 is 11.6 Å². The van der Waals surface area contributed by atoms with Crippen LogP contribution in [0, 0.1) is 0 Å². The predicted octanol–water partition coefficient (Wildman–Crippen LogP) is 1.01. The van der Waals surface area contributed by atoms with Gasteiger partial charge in [-0.15, -0.1) is 11.6 Å². The Kier molecular flexibility index (Phi) is 5.52. The summed E-state index contributed by atoms with van der Waals surface area (Å²) >= 11 is 5.53. The third-order valence-corrected chi connectivity index (χ3v) is 3.17. The van der Waals surface area contributed by atoms with Gasteiger partial charge in [0.2, 0.25) is 5.91 Å². The second-order valence-electron chi connectivity index (χ2n) is 4.38. The molecule has 16 heavy (non-hydrogen) atoms. The van der Waals surface area contributed by atoms with E-state index in [9.17, 15) is 9.90 Å². The zero-order chi connectivity index (χ0) is 12.0. The summed E-state index contributed by atoms with van der Waals surface area (Å²) < 4.78 is 5.19. The first kappa shape index (κ1) is 13.7. The standard InChI is InChI=1S/C11H20ClNO3/c1-13(10(14)3-2-6-12)9-11(15)4-7-16-8-5-11/h15H,2-9H2,1H3. The third-order valence-electron chi connectivity index (χ3n) is 2.91. The Morgan fingerprint density at radius 2 is 2.12 bits per heavy atom. The van der Waals surface area contributed by atoms with Gasteiger partial charge in [0.15, 0.2) is 0 Å². The molecule has 0 aromatic carbocycles. The van der Waals surface area contributed by atoms with Crippen molar-refractivity contribution in [3.05, 3.63) is 0 Å². The van der Waals surface area contributed by atoms with Gasteiger partial charge in [-0.3, -0.25) is 4.79 Å². The number of alkyl halides is 1. The Bertz CT molecular complexity index is 229. The first-order valence-corrected chi connectivity index (χ1v) is 6.21. The maximum Gasteiger partial charge on any atom is 0.222 e. The quantitative estimate of drug-likeness (QED) is 0.740. The summed E-state index contributed by atoms with van der Waals surface area (Å²) in [6.45, 7) is 1.53. The Labute approximate surface area is 102 Å². The van der Waals surface area contributed by atoms with Crippen LogP contribution < -0.4 is 0 Å². The number of aliphatic hydroxyl groups is 1. The lowest BCUT2D eigenvalue weighted by Gasteiger charge is -2.35. The van der Waals surface area contributed by atoms with Crippen molar-refractivity contribution in [2.75, 3.05) is 32.7 Å². The van der Waals surface area contributed by atoms with Crippen LogP contribution in [0.25, 0.3) is 0 Å². The highest BCUT2D eigenvalue weighted by atomic mass is 35.5. The van der Waals surface area contributed by atoms with E-state index in [1.54, 1.807) is 11.9 Å². The summed E-state index contributed by atoms with van der Waals surface area (Å²) in [5.74, 6) is 0.540. The van der Waals surface area contributed by atoms with E-state index in [1.165, 1.54) is 0 Å². The fourth-order valence-corrected chi connectivity index (χ4v) is 1.98. The number of amides is 1. The average Bonchev–Trinajstić information content (AvgIpc) is 2.26. The van der Waals surface area contributed by atoms with Gasteiger partial charge >= 0.3 is 0 Å². The molecule has 0 aromatic rings. The van der Waals surface area contributed by atoms with E-state index < -0.39 is 5.60 Å². The molecule has 0 unspecified atom stereocenters. The molecule has 1 heterocycles. The Balaban J connectivity index is 2.36. The average molecular weight is 250 g/mol. The number of halogens is 1. The fraction of sp³-hybridized carbons (Fsp3) is 0.909. The number of rotatable bonds is 5. The SMILES string of the molecule is CN(CC1(O)CCOCC1)C(=O)CCCCl. The number of hydrogen-bond donors (Lipinski definition) is 1. The van der Waals surface area contributed by atoms with Crippen LogP contribution in [-0.4, -0.2) is 54.2 Å². The van der Waals surface area contributed by atoms with Gasteiger partial charge in [0.05, 0.1) is 5.60 Å². The number of carbonyl (C=O) groups is 1. The van der Waals surface area contributed by atoms with Crippen molar-refractivity contribution in [3.63, 3.8) is 0 Å². The number of hydrogen-bond acceptors (Lipinski definition) is 3. The summed E-state index contributed by atoms with van der Waals surface area (Å²) in [6, 6.07) is 0. The zero-order valence-electron chi connectivity index (χ0n) is 9.75. The van der Waals surface area contributed by atoms with Gasteiger partial charge in [0, 0.05) is 51.9 Å². The Morgan fingerprint density at radius 3 is 2.69 bits per heavy atom. The molecule has 1 saturated heterocycles. The van der Waals surface area contributed by atoms with Gasteiger partial charge in [0.25, 0.3) is 0 Å². The van der Waals surface area contributed by atoms with Crippen LogP contribution in [0.1, 0.15) is 25.7 Å². The normalized spacial score (nSPS) is 19.4. The molecule has 5 heteroatoms. The zero-order valence-corrected chi connectivity index (χ0v) is 10.5. The summed E-state index contributed by atoms with van der Waals surface area (Å²) in [5, 5.41) is 10.2. The molecule has 0 spiro atoms. The van der Waals surface area contributed by atoms with Crippen molar-refractivity contribution in [3.8, 4) is 0 Å². The molecule has 0 aromatic heterocycles. The molecular formula is C11H20ClNO3. The highest BCUT2D eigenvalue weighted by Gasteiger charge is 2.32. The van der Waals surface area contributed by atoms with E-state index in [-0.39, 0.29) is 5.91 Å². The van der Waals surface area contributed by atoms with Crippen LogP contribution in [0.4, 0.5) is 0 Å². The summed E-state index contributed by atoms with van der Waals surface area (Å²) in [7, 11) is 1.73.